The minimum Gasteiger partial charge on any atom is -0.384 e. The van der Waals surface area contributed by atoms with Gasteiger partial charge in [-0.3, -0.25) is 0 Å². The van der Waals surface area contributed by atoms with Crippen LogP contribution in [0.1, 0.15) is 45.4 Å². The third-order valence-electron chi connectivity index (χ3n) is 5.33. The van der Waals surface area contributed by atoms with E-state index in [9.17, 15) is 0 Å². The van der Waals surface area contributed by atoms with Crippen molar-refractivity contribution in [1.29, 1.82) is 0 Å². The van der Waals surface area contributed by atoms with Crippen LogP contribution in [0.5, 0.6) is 0 Å². The molecule has 1 heterocycles. The SMILES string of the molecule is COCC1CCCN(CC2(CN)CCC(C)CC2)C1. The van der Waals surface area contributed by atoms with Crippen LogP contribution in [0.15, 0.2) is 0 Å². The summed E-state index contributed by atoms with van der Waals surface area (Å²) in [7, 11) is 1.82. The number of ether oxygens (including phenoxy) is 1. The van der Waals surface area contributed by atoms with Crippen molar-refractivity contribution < 1.29 is 4.74 Å². The molecular formula is C16H32N2O. The Kier molecular flexibility index (Phi) is 5.67. The lowest BCUT2D eigenvalue weighted by molar-refractivity contribution is 0.0452. The fourth-order valence-electron chi connectivity index (χ4n) is 3.94. The van der Waals surface area contributed by atoms with Crippen LogP contribution in [0.4, 0.5) is 0 Å². The van der Waals surface area contributed by atoms with E-state index >= 15 is 0 Å². The molecule has 3 heteroatoms. The van der Waals surface area contributed by atoms with Crippen molar-refractivity contribution in [3.05, 3.63) is 0 Å². The third kappa shape index (κ3) is 4.17. The van der Waals surface area contributed by atoms with Gasteiger partial charge in [0, 0.05) is 20.2 Å². The lowest BCUT2D eigenvalue weighted by Gasteiger charge is -2.44. The van der Waals surface area contributed by atoms with Gasteiger partial charge >= 0.3 is 0 Å². The average molecular weight is 268 g/mol. The van der Waals surface area contributed by atoms with Crippen molar-refractivity contribution >= 4 is 0 Å². The Hall–Kier alpha value is -0.120. The zero-order valence-corrected chi connectivity index (χ0v) is 12.9. The highest BCUT2D eigenvalue weighted by molar-refractivity contribution is 4.89. The minimum absolute atomic E-state index is 0.404. The maximum atomic E-state index is 6.14. The van der Waals surface area contributed by atoms with Crippen LogP contribution in [0, 0.1) is 17.3 Å². The number of piperidine rings is 1. The number of hydrogen-bond donors (Lipinski definition) is 1. The molecule has 1 saturated heterocycles. The summed E-state index contributed by atoms with van der Waals surface area (Å²) in [5.74, 6) is 1.64. The van der Waals surface area contributed by atoms with Crippen LogP contribution in [-0.2, 0) is 4.74 Å². The van der Waals surface area contributed by atoms with Gasteiger partial charge in [0.25, 0.3) is 0 Å². The smallest absolute Gasteiger partial charge is 0.0502 e. The molecule has 2 N–H and O–H groups in total. The summed E-state index contributed by atoms with van der Waals surface area (Å²) in [6.07, 6.45) is 8.05. The van der Waals surface area contributed by atoms with Crippen LogP contribution < -0.4 is 5.73 Å². The van der Waals surface area contributed by atoms with Gasteiger partial charge in [-0.15, -0.1) is 0 Å². The fourth-order valence-corrected chi connectivity index (χ4v) is 3.94. The Balaban J connectivity index is 1.87. The predicted octanol–water partition coefficient (Wildman–Crippen LogP) is 2.50. The molecule has 19 heavy (non-hydrogen) atoms. The van der Waals surface area contributed by atoms with E-state index in [1.165, 1.54) is 58.2 Å². The highest BCUT2D eigenvalue weighted by Gasteiger charge is 2.35. The van der Waals surface area contributed by atoms with Gasteiger partial charge in [0.05, 0.1) is 6.61 Å². The van der Waals surface area contributed by atoms with Gasteiger partial charge in [-0.2, -0.15) is 0 Å². The number of likely N-dealkylation sites (tertiary alicyclic amines) is 1. The molecule has 2 rings (SSSR count). The molecule has 1 aliphatic heterocycles. The summed E-state index contributed by atoms with van der Waals surface area (Å²) in [5.41, 5.74) is 6.55. The maximum Gasteiger partial charge on any atom is 0.0502 e. The number of methoxy groups -OCH3 is 1. The summed E-state index contributed by atoms with van der Waals surface area (Å²) >= 11 is 0. The first-order chi connectivity index (χ1) is 9.17. The van der Waals surface area contributed by atoms with Crippen molar-refractivity contribution in [3.63, 3.8) is 0 Å². The van der Waals surface area contributed by atoms with E-state index in [1.807, 2.05) is 7.11 Å². The zero-order valence-electron chi connectivity index (χ0n) is 12.9. The van der Waals surface area contributed by atoms with Crippen molar-refractivity contribution in [3.8, 4) is 0 Å². The van der Waals surface area contributed by atoms with Crippen LogP contribution in [0.2, 0.25) is 0 Å². The molecule has 0 radical (unpaired) electrons. The largest absolute Gasteiger partial charge is 0.384 e. The van der Waals surface area contributed by atoms with E-state index in [1.54, 1.807) is 0 Å². The summed E-state index contributed by atoms with van der Waals surface area (Å²) in [6.45, 7) is 7.86. The fraction of sp³-hybridized carbons (Fsp3) is 1.00. The van der Waals surface area contributed by atoms with Crippen LogP contribution in [0.3, 0.4) is 0 Å². The molecule has 0 amide bonds. The monoisotopic (exact) mass is 268 g/mol. The normalized spacial score (nSPS) is 37.4. The Morgan fingerprint density at radius 2 is 2.00 bits per heavy atom. The first kappa shape index (κ1) is 15.3. The molecule has 3 nitrogen and oxygen atoms in total. The lowest BCUT2D eigenvalue weighted by Crippen LogP contribution is -2.48. The van der Waals surface area contributed by atoms with Crippen LogP contribution in [0.25, 0.3) is 0 Å². The molecule has 0 aromatic rings. The van der Waals surface area contributed by atoms with Gasteiger partial charge in [-0.1, -0.05) is 19.8 Å². The molecule has 1 aliphatic carbocycles. The molecule has 0 spiro atoms. The van der Waals surface area contributed by atoms with Gasteiger partial charge in [0.1, 0.15) is 0 Å². The maximum absolute atomic E-state index is 6.14. The quantitative estimate of drug-likeness (QED) is 0.832. The van der Waals surface area contributed by atoms with Crippen molar-refractivity contribution in [2.45, 2.75) is 45.4 Å². The molecule has 2 fully saturated rings. The van der Waals surface area contributed by atoms with E-state index in [2.05, 4.69) is 11.8 Å². The second-order valence-electron chi connectivity index (χ2n) is 7.09. The molecule has 0 aromatic carbocycles. The topological polar surface area (TPSA) is 38.5 Å². The van der Waals surface area contributed by atoms with Crippen LogP contribution >= 0.6 is 0 Å². The van der Waals surface area contributed by atoms with Gasteiger partial charge in [0.2, 0.25) is 0 Å². The van der Waals surface area contributed by atoms with Gasteiger partial charge in [-0.05, 0) is 56.0 Å². The van der Waals surface area contributed by atoms with Crippen LogP contribution in [-0.4, -0.2) is 44.8 Å². The first-order valence-corrected chi connectivity index (χ1v) is 8.09. The van der Waals surface area contributed by atoms with Gasteiger partial charge in [-0.25, -0.2) is 0 Å². The Morgan fingerprint density at radius 3 is 2.63 bits per heavy atom. The van der Waals surface area contributed by atoms with Crippen molar-refractivity contribution in [2.75, 3.05) is 39.9 Å². The van der Waals surface area contributed by atoms with E-state index in [4.69, 9.17) is 10.5 Å². The molecular weight excluding hydrogens is 236 g/mol. The minimum atomic E-state index is 0.404. The lowest BCUT2D eigenvalue weighted by atomic mass is 9.70. The third-order valence-corrected chi connectivity index (χ3v) is 5.33. The highest BCUT2D eigenvalue weighted by atomic mass is 16.5. The number of hydrogen-bond acceptors (Lipinski definition) is 3. The van der Waals surface area contributed by atoms with Crippen molar-refractivity contribution in [1.82, 2.24) is 4.90 Å². The molecule has 1 atom stereocenters. The molecule has 1 saturated carbocycles. The number of nitrogens with zero attached hydrogens (tertiary/aromatic N) is 1. The highest BCUT2D eigenvalue weighted by Crippen LogP contribution is 2.39. The molecule has 2 aliphatic rings. The molecule has 112 valence electrons. The first-order valence-electron chi connectivity index (χ1n) is 8.09. The Bertz CT molecular complexity index is 259. The average Bonchev–Trinajstić information content (AvgIpc) is 2.43. The predicted molar refractivity (Wildman–Crippen MR) is 80.2 cm³/mol. The van der Waals surface area contributed by atoms with Gasteiger partial charge in [0.15, 0.2) is 0 Å². The summed E-state index contributed by atoms with van der Waals surface area (Å²) in [4.78, 5) is 2.66. The van der Waals surface area contributed by atoms with Crippen molar-refractivity contribution in [2.24, 2.45) is 23.0 Å². The van der Waals surface area contributed by atoms with E-state index < -0.39 is 0 Å². The van der Waals surface area contributed by atoms with Gasteiger partial charge < -0.3 is 15.4 Å². The summed E-state index contributed by atoms with van der Waals surface area (Å²) in [6, 6.07) is 0. The number of nitrogens with two attached hydrogens (primary N) is 1. The van der Waals surface area contributed by atoms with E-state index in [0.29, 0.717) is 5.41 Å². The molecule has 0 aromatic heterocycles. The second-order valence-corrected chi connectivity index (χ2v) is 7.09. The van der Waals surface area contributed by atoms with E-state index in [0.717, 1.165) is 25.0 Å². The van der Waals surface area contributed by atoms with E-state index in [-0.39, 0.29) is 0 Å². The Morgan fingerprint density at radius 1 is 1.26 bits per heavy atom. The number of rotatable bonds is 5. The summed E-state index contributed by atoms with van der Waals surface area (Å²) < 4.78 is 5.33. The standard InChI is InChI=1S/C16H32N2O/c1-14-5-7-16(12-17,8-6-14)13-18-9-3-4-15(10-18)11-19-2/h14-15H,3-13,17H2,1-2H3. The Labute approximate surface area is 118 Å². The summed E-state index contributed by atoms with van der Waals surface area (Å²) in [5, 5.41) is 0. The molecule has 1 unspecified atom stereocenters. The second kappa shape index (κ2) is 7.05. The zero-order chi connectivity index (χ0) is 13.7. The molecule has 0 bridgehead atoms.